The minimum Gasteiger partial charge on any atom is -0.496 e. The van der Waals surface area contributed by atoms with Gasteiger partial charge in [-0.2, -0.15) is 4.98 Å². The van der Waals surface area contributed by atoms with Gasteiger partial charge in [-0.1, -0.05) is 23.4 Å². The number of hydrogen-bond acceptors (Lipinski definition) is 5. The summed E-state index contributed by atoms with van der Waals surface area (Å²) in [6, 6.07) is 9.88. The van der Waals surface area contributed by atoms with Gasteiger partial charge in [-0.3, -0.25) is 4.79 Å². The lowest BCUT2D eigenvalue weighted by Crippen LogP contribution is -2.30. The second-order valence-corrected chi connectivity index (χ2v) is 7.21. The molecule has 0 bridgehead atoms. The number of aromatic nitrogens is 2. The lowest BCUT2D eigenvalue weighted by Gasteiger charge is -2.22. The van der Waals surface area contributed by atoms with Crippen LogP contribution in [0.5, 0.6) is 5.75 Å². The molecule has 7 heteroatoms. The van der Waals surface area contributed by atoms with Crippen LogP contribution in [0.15, 0.2) is 40.9 Å². The van der Waals surface area contributed by atoms with Gasteiger partial charge in [-0.05, 0) is 56.0 Å². The number of carbonyl (C=O) groups is 1. The van der Waals surface area contributed by atoms with E-state index in [4.69, 9.17) is 9.26 Å². The molecular formula is C22H22FN3O3. The third-order valence-corrected chi connectivity index (χ3v) is 5.40. The van der Waals surface area contributed by atoms with Gasteiger partial charge < -0.3 is 14.2 Å². The lowest BCUT2D eigenvalue weighted by atomic mass is 10.1. The first-order chi connectivity index (χ1) is 14.0. The largest absolute Gasteiger partial charge is 0.496 e. The van der Waals surface area contributed by atoms with Crippen molar-refractivity contribution < 1.29 is 18.4 Å². The van der Waals surface area contributed by atoms with Gasteiger partial charge in [0, 0.05) is 17.7 Å². The second kappa shape index (κ2) is 7.66. The van der Waals surface area contributed by atoms with Crippen molar-refractivity contribution in [3.05, 3.63) is 64.8 Å². The van der Waals surface area contributed by atoms with Gasteiger partial charge >= 0.3 is 0 Å². The quantitative estimate of drug-likeness (QED) is 0.652. The van der Waals surface area contributed by atoms with Crippen molar-refractivity contribution in [2.24, 2.45) is 0 Å². The Morgan fingerprint density at radius 3 is 2.90 bits per heavy atom. The molecule has 1 aromatic heterocycles. The van der Waals surface area contributed by atoms with Gasteiger partial charge in [0.1, 0.15) is 17.6 Å². The maximum atomic E-state index is 13.9. The highest BCUT2D eigenvalue weighted by molar-refractivity contribution is 5.95. The molecule has 3 aromatic rings. The summed E-state index contributed by atoms with van der Waals surface area (Å²) in [7, 11) is 1.59. The third-order valence-electron chi connectivity index (χ3n) is 5.40. The molecule has 29 heavy (non-hydrogen) atoms. The second-order valence-electron chi connectivity index (χ2n) is 7.21. The zero-order valence-corrected chi connectivity index (χ0v) is 16.6. The zero-order chi connectivity index (χ0) is 20.5. The number of amides is 1. The van der Waals surface area contributed by atoms with E-state index in [1.54, 1.807) is 43.2 Å². The Labute approximate surface area is 168 Å². The first-order valence-electron chi connectivity index (χ1n) is 9.54. The summed E-state index contributed by atoms with van der Waals surface area (Å²) < 4.78 is 24.7. The van der Waals surface area contributed by atoms with Gasteiger partial charge in [-0.15, -0.1) is 0 Å². The first-order valence-corrected chi connectivity index (χ1v) is 9.54. The molecule has 0 saturated carbocycles. The monoisotopic (exact) mass is 395 g/mol. The highest BCUT2D eigenvalue weighted by atomic mass is 19.1. The predicted octanol–water partition coefficient (Wildman–Crippen LogP) is 4.48. The number of nitrogens with zero attached hydrogens (tertiary/aromatic N) is 3. The lowest BCUT2D eigenvalue weighted by molar-refractivity contribution is 0.0709. The SMILES string of the molecule is COc1cc(C(=O)N2CCC[C@H]2c2nc(-c3cccc(F)c3C)no2)ccc1C. The Morgan fingerprint density at radius 1 is 1.28 bits per heavy atom. The number of ether oxygens (including phenoxy) is 1. The van der Waals surface area contributed by atoms with Crippen LogP contribution in [0.25, 0.3) is 11.4 Å². The van der Waals surface area contributed by atoms with Crippen molar-refractivity contribution in [2.75, 3.05) is 13.7 Å². The minimum absolute atomic E-state index is 0.104. The van der Waals surface area contributed by atoms with Gasteiger partial charge in [0.25, 0.3) is 5.91 Å². The maximum absolute atomic E-state index is 13.9. The Balaban J connectivity index is 1.62. The van der Waals surface area contributed by atoms with E-state index in [1.807, 2.05) is 13.0 Å². The van der Waals surface area contributed by atoms with Crippen molar-refractivity contribution in [3.8, 4) is 17.1 Å². The molecule has 1 saturated heterocycles. The molecule has 150 valence electrons. The molecule has 1 fully saturated rings. The summed E-state index contributed by atoms with van der Waals surface area (Å²) in [6.45, 7) is 4.22. The standard InChI is InChI=1S/C22H22FN3O3/c1-13-9-10-15(12-19(13)28-3)22(27)26-11-5-8-18(26)21-24-20(25-29-21)16-6-4-7-17(23)14(16)2/h4,6-7,9-10,12,18H,5,8,11H2,1-3H3/t18-/m0/s1. The molecule has 1 amide bonds. The smallest absolute Gasteiger partial charge is 0.254 e. The fraction of sp³-hybridized carbons (Fsp3) is 0.318. The number of hydrogen-bond donors (Lipinski definition) is 0. The molecular weight excluding hydrogens is 373 g/mol. The molecule has 0 N–H and O–H groups in total. The van der Waals surface area contributed by atoms with Crippen molar-refractivity contribution in [2.45, 2.75) is 32.7 Å². The van der Waals surface area contributed by atoms with Gasteiger partial charge in [-0.25, -0.2) is 4.39 Å². The van der Waals surface area contributed by atoms with E-state index in [9.17, 15) is 9.18 Å². The summed E-state index contributed by atoms with van der Waals surface area (Å²) in [5.41, 5.74) is 2.57. The van der Waals surface area contributed by atoms with E-state index < -0.39 is 0 Å². The van der Waals surface area contributed by atoms with Crippen LogP contribution in [0.2, 0.25) is 0 Å². The molecule has 2 aromatic carbocycles. The topological polar surface area (TPSA) is 68.5 Å². The Hall–Kier alpha value is -3.22. The molecule has 4 rings (SSSR count). The van der Waals surface area contributed by atoms with Crippen LogP contribution in [0, 0.1) is 19.7 Å². The Kier molecular flexibility index (Phi) is 5.05. The van der Waals surface area contributed by atoms with E-state index in [0.29, 0.717) is 40.7 Å². The molecule has 0 spiro atoms. The normalized spacial score (nSPS) is 16.3. The number of likely N-dealkylation sites (tertiary alicyclic amines) is 1. The molecule has 2 heterocycles. The summed E-state index contributed by atoms with van der Waals surface area (Å²) >= 11 is 0. The van der Waals surface area contributed by atoms with Crippen LogP contribution in [0.4, 0.5) is 4.39 Å². The average Bonchev–Trinajstić information content (AvgIpc) is 3.39. The predicted molar refractivity (Wildman–Crippen MR) is 105 cm³/mol. The van der Waals surface area contributed by atoms with E-state index >= 15 is 0 Å². The van der Waals surface area contributed by atoms with Gasteiger partial charge in [0.2, 0.25) is 11.7 Å². The summed E-state index contributed by atoms with van der Waals surface area (Å²) in [5, 5.41) is 4.03. The van der Waals surface area contributed by atoms with Crippen molar-refractivity contribution >= 4 is 5.91 Å². The van der Waals surface area contributed by atoms with E-state index in [-0.39, 0.29) is 17.8 Å². The van der Waals surface area contributed by atoms with E-state index in [2.05, 4.69) is 10.1 Å². The zero-order valence-electron chi connectivity index (χ0n) is 16.6. The fourth-order valence-electron chi connectivity index (χ4n) is 3.72. The molecule has 6 nitrogen and oxygen atoms in total. The van der Waals surface area contributed by atoms with Crippen LogP contribution >= 0.6 is 0 Å². The number of aryl methyl sites for hydroxylation is 1. The summed E-state index contributed by atoms with van der Waals surface area (Å²) in [5.74, 6) is 0.947. The highest BCUT2D eigenvalue weighted by Gasteiger charge is 2.35. The van der Waals surface area contributed by atoms with Crippen LogP contribution in [0.3, 0.4) is 0 Å². The Morgan fingerprint density at radius 2 is 2.10 bits per heavy atom. The number of halogens is 1. The van der Waals surface area contributed by atoms with Crippen LogP contribution in [0.1, 0.15) is 46.3 Å². The van der Waals surface area contributed by atoms with Gasteiger partial charge in [0.05, 0.1) is 7.11 Å². The molecule has 1 aliphatic rings. The number of carbonyl (C=O) groups excluding carboxylic acids is 1. The van der Waals surface area contributed by atoms with Crippen LogP contribution in [-0.2, 0) is 0 Å². The van der Waals surface area contributed by atoms with Gasteiger partial charge in [0.15, 0.2) is 0 Å². The molecule has 0 aliphatic carbocycles. The average molecular weight is 395 g/mol. The number of methoxy groups -OCH3 is 1. The number of benzene rings is 2. The first kappa shape index (κ1) is 19.1. The summed E-state index contributed by atoms with van der Waals surface area (Å²) in [4.78, 5) is 19.3. The Bertz CT molecular complexity index is 1060. The van der Waals surface area contributed by atoms with Crippen molar-refractivity contribution in [1.29, 1.82) is 0 Å². The molecule has 0 radical (unpaired) electrons. The maximum Gasteiger partial charge on any atom is 0.254 e. The highest BCUT2D eigenvalue weighted by Crippen LogP contribution is 2.34. The third kappa shape index (κ3) is 3.48. The van der Waals surface area contributed by atoms with Crippen LogP contribution < -0.4 is 4.74 Å². The molecule has 1 aliphatic heterocycles. The van der Waals surface area contributed by atoms with Crippen LogP contribution in [-0.4, -0.2) is 34.6 Å². The fourth-order valence-corrected chi connectivity index (χ4v) is 3.72. The van der Waals surface area contributed by atoms with E-state index in [0.717, 1.165) is 18.4 Å². The van der Waals surface area contributed by atoms with Crippen molar-refractivity contribution in [1.82, 2.24) is 15.0 Å². The number of rotatable bonds is 4. The van der Waals surface area contributed by atoms with Crippen molar-refractivity contribution in [3.63, 3.8) is 0 Å². The molecule has 1 atom stereocenters. The minimum atomic E-state index is -0.320. The summed E-state index contributed by atoms with van der Waals surface area (Å²) in [6.07, 6.45) is 1.58. The van der Waals surface area contributed by atoms with E-state index in [1.165, 1.54) is 6.07 Å². The molecule has 0 unspecified atom stereocenters.